The van der Waals surface area contributed by atoms with Gasteiger partial charge >= 0.3 is 5.97 Å². The van der Waals surface area contributed by atoms with Gasteiger partial charge in [-0.05, 0) is 6.92 Å². The van der Waals surface area contributed by atoms with Crippen molar-refractivity contribution in [2.24, 2.45) is 11.8 Å². The highest BCUT2D eigenvalue weighted by atomic mass is 19.1. The highest BCUT2D eigenvalue weighted by Gasteiger charge is 2.47. The van der Waals surface area contributed by atoms with Crippen molar-refractivity contribution in [2.75, 3.05) is 0 Å². The van der Waals surface area contributed by atoms with Crippen LogP contribution in [0, 0.1) is 11.8 Å². The number of carbonyl (C=O) groups is 3. The Kier molecular flexibility index (Phi) is 3.62. The summed E-state index contributed by atoms with van der Waals surface area (Å²) < 4.78 is 13.0. The summed E-state index contributed by atoms with van der Waals surface area (Å²) in [5.41, 5.74) is 0. The van der Waals surface area contributed by atoms with Gasteiger partial charge in [0, 0.05) is 5.92 Å². The molecule has 1 saturated heterocycles. The number of Topliss-reactive ketones (excluding diaryl/α,β-unsaturated/α-hetero) is 1. The Hall–Kier alpha value is -1.46. The molecule has 4 atom stereocenters. The number of ketones is 1. The van der Waals surface area contributed by atoms with Crippen LogP contribution < -0.4 is 5.32 Å². The number of carboxylic acid groups (broad SMARTS) is 1. The standard InChI is InChI=1S/C10H14FNO4/c1-4(6(13)3-7(14)15)9-8(5(2)11)10(16)12-9/h4-5,8-9H,3H2,1-2H3,(H,12,16)(H,14,15). The third-order valence-corrected chi connectivity index (χ3v) is 2.87. The SMILES string of the molecule is CC(F)C1C(=O)NC1C(C)C(=O)CC(=O)O. The highest BCUT2D eigenvalue weighted by Crippen LogP contribution is 2.28. The molecular weight excluding hydrogens is 217 g/mol. The summed E-state index contributed by atoms with van der Waals surface area (Å²) in [6.07, 6.45) is -1.93. The Morgan fingerprint density at radius 1 is 1.50 bits per heavy atom. The van der Waals surface area contributed by atoms with Crippen LogP contribution in [0.5, 0.6) is 0 Å². The number of rotatable bonds is 5. The van der Waals surface area contributed by atoms with Gasteiger partial charge in [0.15, 0.2) is 0 Å². The molecule has 1 rings (SSSR count). The van der Waals surface area contributed by atoms with E-state index in [1.54, 1.807) is 0 Å². The molecule has 2 N–H and O–H groups in total. The number of amides is 1. The largest absolute Gasteiger partial charge is 0.481 e. The van der Waals surface area contributed by atoms with Gasteiger partial charge in [0.2, 0.25) is 5.91 Å². The lowest BCUT2D eigenvalue weighted by atomic mass is 9.77. The van der Waals surface area contributed by atoms with Crippen LogP contribution in [0.4, 0.5) is 4.39 Å². The molecule has 1 aliphatic rings. The fraction of sp³-hybridized carbons (Fsp3) is 0.700. The number of halogens is 1. The first-order valence-corrected chi connectivity index (χ1v) is 5.03. The van der Waals surface area contributed by atoms with Gasteiger partial charge in [0.05, 0.1) is 12.0 Å². The van der Waals surface area contributed by atoms with Gasteiger partial charge < -0.3 is 10.4 Å². The Morgan fingerprint density at radius 2 is 2.06 bits per heavy atom. The van der Waals surface area contributed by atoms with E-state index in [2.05, 4.69) is 5.32 Å². The molecule has 0 aromatic carbocycles. The lowest BCUT2D eigenvalue weighted by Crippen LogP contribution is -2.64. The molecule has 0 bridgehead atoms. The second-order valence-corrected chi connectivity index (χ2v) is 4.06. The van der Waals surface area contributed by atoms with Crippen molar-refractivity contribution in [3.8, 4) is 0 Å². The van der Waals surface area contributed by atoms with Crippen LogP contribution in [-0.2, 0) is 14.4 Å². The van der Waals surface area contributed by atoms with Crippen LogP contribution in [0.1, 0.15) is 20.3 Å². The van der Waals surface area contributed by atoms with Crippen molar-refractivity contribution >= 4 is 17.7 Å². The Balaban J connectivity index is 2.61. The van der Waals surface area contributed by atoms with Gasteiger partial charge in [-0.3, -0.25) is 14.4 Å². The Morgan fingerprint density at radius 3 is 2.44 bits per heavy atom. The number of carboxylic acids is 1. The maximum atomic E-state index is 13.0. The first-order chi connectivity index (χ1) is 7.34. The molecule has 1 heterocycles. The normalized spacial score (nSPS) is 27.6. The first-order valence-electron chi connectivity index (χ1n) is 5.03. The maximum absolute atomic E-state index is 13.0. The fourth-order valence-corrected chi connectivity index (χ4v) is 1.86. The van der Waals surface area contributed by atoms with Crippen molar-refractivity contribution in [3.63, 3.8) is 0 Å². The van der Waals surface area contributed by atoms with Gasteiger partial charge in [-0.1, -0.05) is 6.92 Å². The van der Waals surface area contributed by atoms with Crippen molar-refractivity contribution in [2.45, 2.75) is 32.5 Å². The minimum Gasteiger partial charge on any atom is -0.481 e. The lowest BCUT2D eigenvalue weighted by molar-refractivity contribution is -0.144. The van der Waals surface area contributed by atoms with E-state index < -0.39 is 48.1 Å². The van der Waals surface area contributed by atoms with Crippen molar-refractivity contribution in [1.29, 1.82) is 0 Å². The van der Waals surface area contributed by atoms with Crippen LogP contribution in [0.15, 0.2) is 0 Å². The van der Waals surface area contributed by atoms with E-state index in [9.17, 15) is 18.8 Å². The topological polar surface area (TPSA) is 83.5 Å². The molecule has 0 aliphatic carbocycles. The molecule has 4 unspecified atom stereocenters. The van der Waals surface area contributed by atoms with Crippen molar-refractivity contribution in [1.82, 2.24) is 5.32 Å². The molecule has 5 nitrogen and oxygen atoms in total. The molecule has 1 amide bonds. The number of aliphatic carboxylic acids is 1. The molecule has 16 heavy (non-hydrogen) atoms. The van der Waals surface area contributed by atoms with Gasteiger partial charge in [0.25, 0.3) is 0 Å². The van der Waals surface area contributed by atoms with E-state index in [4.69, 9.17) is 5.11 Å². The van der Waals surface area contributed by atoms with E-state index in [-0.39, 0.29) is 0 Å². The zero-order valence-electron chi connectivity index (χ0n) is 9.07. The summed E-state index contributed by atoms with van der Waals surface area (Å²) in [4.78, 5) is 32.8. The average Bonchev–Trinajstić information content (AvgIpc) is 2.10. The third kappa shape index (κ3) is 2.37. The smallest absolute Gasteiger partial charge is 0.310 e. The second-order valence-electron chi connectivity index (χ2n) is 4.06. The van der Waals surface area contributed by atoms with E-state index in [0.29, 0.717) is 0 Å². The highest BCUT2D eigenvalue weighted by molar-refractivity contribution is 5.98. The first kappa shape index (κ1) is 12.6. The quantitative estimate of drug-likeness (QED) is 0.520. The van der Waals surface area contributed by atoms with E-state index in [0.717, 1.165) is 0 Å². The summed E-state index contributed by atoms with van der Waals surface area (Å²) in [5, 5.41) is 10.9. The van der Waals surface area contributed by atoms with Gasteiger partial charge in [-0.15, -0.1) is 0 Å². The van der Waals surface area contributed by atoms with E-state index in [1.807, 2.05) is 0 Å². The number of alkyl halides is 1. The molecule has 0 radical (unpaired) electrons. The predicted molar refractivity (Wildman–Crippen MR) is 52.4 cm³/mol. The zero-order chi connectivity index (χ0) is 12.5. The Labute approximate surface area is 92.0 Å². The lowest BCUT2D eigenvalue weighted by Gasteiger charge is -2.40. The zero-order valence-corrected chi connectivity index (χ0v) is 9.07. The molecule has 1 fully saturated rings. The predicted octanol–water partition coefficient (Wildman–Crippen LogP) is 0.139. The van der Waals surface area contributed by atoms with Crippen molar-refractivity contribution < 1.29 is 23.9 Å². The molecular formula is C10H14FNO4. The average molecular weight is 231 g/mol. The summed E-state index contributed by atoms with van der Waals surface area (Å²) >= 11 is 0. The molecule has 0 saturated carbocycles. The molecule has 90 valence electrons. The minimum atomic E-state index is -1.33. The summed E-state index contributed by atoms with van der Waals surface area (Å²) in [6.45, 7) is 2.76. The number of carbonyl (C=O) groups excluding carboxylic acids is 2. The monoisotopic (exact) mass is 231 g/mol. The third-order valence-electron chi connectivity index (χ3n) is 2.87. The van der Waals surface area contributed by atoms with E-state index >= 15 is 0 Å². The van der Waals surface area contributed by atoms with Crippen LogP contribution in [0.25, 0.3) is 0 Å². The summed E-state index contributed by atoms with van der Waals surface area (Å²) in [6, 6.07) is -0.584. The second kappa shape index (κ2) is 4.59. The van der Waals surface area contributed by atoms with Gasteiger partial charge in [0.1, 0.15) is 18.4 Å². The Bertz CT molecular complexity index is 329. The molecule has 0 spiro atoms. The molecule has 6 heteroatoms. The molecule has 0 aromatic heterocycles. The fourth-order valence-electron chi connectivity index (χ4n) is 1.86. The minimum absolute atomic E-state index is 0.421. The number of β-lactam (4-membered cyclic amide) rings is 1. The summed E-state index contributed by atoms with van der Waals surface area (Å²) in [7, 11) is 0. The number of hydrogen-bond acceptors (Lipinski definition) is 3. The van der Waals surface area contributed by atoms with Gasteiger partial charge in [-0.25, -0.2) is 4.39 Å². The maximum Gasteiger partial charge on any atom is 0.310 e. The van der Waals surface area contributed by atoms with Crippen LogP contribution >= 0.6 is 0 Å². The van der Waals surface area contributed by atoms with Crippen LogP contribution in [0.2, 0.25) is 0 Å². The number of hydrogen-bond donors (Lipinski definition) is 2. The van der Waals surface area contributed by atoms with E-state index in [1.165, 1.54) is 13.8 Å². The van der Waals surface area contributed by atoms with Crippen molar-refractivity contribution in [3.05, 3.63) is 0 Å². The van der Waals surface area contributed by atoms with Gasteiger partial charge in [-0.2, -0.15) is 0 Å². The molecule has 0 aromatic rings. The molecule has 1 aliphatic heterocycles. The van der Waals surface area contributed by atoms with Crippen LogP contribution in [0.3, 0.4) is 0 Å². The summed E-state index contributed by atoms with van der Waals surface area (Å²) in [5.74, 6) is -3.64. The number of nitrogens with one attached hydrogen (secondary N) is 1. The van der Waals surface area contributed by atoms with Crippen LogP contribution in [-0.4, -0.2) is 35.0 Å².